The molecule has 2 aromatic carbocycles. The summed E-state index contributed by atoms with van der Waals surface area (Å²) in [5, 5.41) is 15.7. The van der Waals surface area contributed by atoms with Crippen molar-refractivity contribution in [3.63, 3.8) is 0 Å². The number of hydrogen-bond donors (Lipinski definition) is 2. The van der Waals surface area contributed by atoms with E-state index >= 15 is 0 Å². The van der Waals surface area contributed by atoms with Gasteiger partial charge in [-0.25, -0.2) is 4.98 Å². The molecule has 0 bridgehead atoms. The summed E-state index contributed by atoms with van der Waals surface area (Å²) in [7, 11) is 0. The molecule has 0 aliphatic carbocycles. The molecule has 5 nitrogen and oxygen atoms in total. The molecule has 0 aliphatic heterocycles. The van der Waals surface area contributed by atoms with Gasteiger partial charge in [0.1, 0.15) is 12.4 Å². The summed E-state index contributed by atoms with van der Waals surface area (Å²) in [6, 6.07) is 17.5. The second kappa shape index (κ2) is 8.24. The first-order chi connectivity index (χ1) is 11.8. The van der Waals surface area contributed by atoms with Crippen molar-refractivity contribution in [3.8, 4) is 17.0 Å². The number of hydrazone groups is 1. The number of hydrogen-bond acceptors (Lipinski definition) is 6. The number of aliphatic hydroxyl groups is 1. The largest absolute Gasteiger partial charge is 0.491 e. The zero-order valence-corrected chi connectivity index (χ0v) is 13.7. The van der Waals surface area contributed by atoms with E-state index in [4.69, 9.17) is 9.84 Å². The molecule has 0 fully saturated rings. The molecule has 6 heteroatoms. The number of thiazole rings is 1. The van der Waals surface area contributed by atoms with Gasteiger partial charge >= 0.3 is 0 Å². The average Bonchev–Trinajstić information content (AvgIpc) is 3.10. The summed E-state index contributed by atoms with van der Waals surface area (Å²) < 4.78 is 5.37. The van der Waals surface area contributed by atoms with Crippen LogP contribution in [0, 0.1) is 0 Å². The highest BCUT2D eigenvalue weighted by Gasteiger charge is 2.02. The Balaban J connectivity index is 1.61. The molecule has 0 spiro atoms. The lowest BCUT2D eigenvalue weighted by Crippen LogP contribution is -2.01. The maximum Gasteiger partial charge on any atom is 0.203 e. The van der Waals surface area contributed by atoms with Gasteiger partial charge in [-0.15, -0.1) is 11.3 Å². The molecule has 1 aromatic heterocycles. The van der Waals surface area contributed by atoms with Gasteiger partial charge in [-0.3, -0.25) is 5.43 Å². The summed E-state index contributed by atoms with van der Waals surface area (Å²) in [6.07, 6.45) is 1.70. The van der Waals surface area contributed by atoms with Gasteiger partial charge in [0, 0.05) is 10.9 Å². The molecule has 1 heterocycles. The molecule has 122 valence electrons. The van der Waals surface area contributed by atoms with E-state index in [1.165, 1.54) is 11.3 Å². The molecular weight excluding hydrogens is 322 g/mol. The lowest BCUT2D eigenvalue weighted by molar-refractivity contribution is 0.201. The van der Waals surface area contributed by atoms with Crippen LogP contribution in [0.4, 0.5) is 5.13 Å². The van der Waals surface area contributed by atoms with Gasteiger partial charge in [-0.2, -0.15) is 5.10 Å². The Kier molecular flexibility index (Phi) is 5.55. The predicted molar refractivity (Wildman–Crippen MR) is 97.8 cm³/mol. The normalized spacial score (nSPS) is 10.9. The van der Waals surface area contributed by atoms with Gasteiger partial charge in [-0.1, -0.05) is 42.5 Å². The summed E-state index contributed by atoms with van der Waals surface area (Å²) >= 11 is 1.51. The number of rotatable bonds is 7. The maximum absolute atomic E-state index is 8.78. The molecule has 24 heavy (non-hydrogen) atoms. The fourth-order valence-electron chi connectivity index (χ4n) is 2.08. The molecule has 2 N–H and O–H groups in total. The van der Waals surface area contributed by atoms with E-state index in [0.717, 1.165) is 22.0 Å². The smallest absolute Gasteiger partial charge is 0.203 e. The molecule has 0 aliphatic rings. The number of aliphatic hydroxyl groups excluding tert-OH is 1. The van der Waals surface area contributed by atoms with Crippen molar-refractivity contribution >= 4 is 22.7 Å². The Labute approximate surface area is 144 Å². The summed E-state index contributed by atoms with van der Waals surface area (Å²) in [6.45, 7) is 0.272. The van der Waals surface area contributed by atoms with Crippen LogP contribution in [0.1, 0.15) is 5.56 Å². The fraction of sp³-hybridized carbons (Fsp3) is 0.111. The fourth-order valence-corrected chi connectivity index (χ4v) is 2.75. The predicted octanol–water partition coefficient (Wildman–Crippen LogP) is 3.63. The Morgan fingerprint density at radius 2 is 2.04 bits per heavy atom. The van der Waals surface area contributed by atoms with E-state index in [1.54, 1.807) is 6.21 Å². The summed E-state index contributed by atoms with van der Waals surface area (Å²) in [4.78, 5) is 4.51. The summed E-state index contributed by atoms with van der Waals surface area (Å²) in [5.74, 6) is 0.702. The third-order valence-corrected chi connectivity index (χ3v) is 3.91. The van der Waals surface area contributed by atoms with E-state index in [0.29, 0.717) is 5.75 Å². The Morgan fingerprint density at radius 1 is 1.17 bits per heavy atom. The highest BCUT2D eigenvalue weighted by molar-refractivity contribution is 7.14. The number of ether oxygens (including phenoxy) is 1. The average molecular weight is 339 g/mol. The van der Waals surface area contributed by atoms with Gasteiger partial charge in [0.15, 0.2) is 0 Å². The van der Waals surface area contributed by atoms with Crippen LogP contribution in [0.3, 0.4) is 0 Å². The minimum atomic E-state index is -0.00628. The van der Waals surface area contributed by atoms with E-state index in [2.05, 4.69) is 15.5 Å². The van der Waals surface area contributed by atoms with Gasteiger partial charge in [0.25, 0.3) is 0 Å². The standard InChI is InChI=1S/C18H17N3O2S/c22-9-10-23-16-8-4-5-14(11-16)12-19-21-18-20-17(13-24-18)15-6-2-1-3-7-15/h1-8,11-13,22H,9-10H2,(H,20,21). The highest BCUT2D eigenvalue weighted by Crippen LogP contribution is 2.24. The number of anilines is 1. The van der Waals surface area contributed by atoms with Gasteiger partial charge < -0.3 is 9.84 Å². The highest BCUT2D eigenvalue weighted by atomic mass is 32.1. The molecule has 3 aromatic rings. The van der Waals surface area contributed by atoms with E-state index in [-0.39, 0.29) is 13.2 Å². The second-order valence-electron chi connectivity index (χ2n) is 4.92. The van der Waals surface area contributed by atoms with Crippen molar-refractivity contribution in [2.45, 2.75) is 0 Å². The van der Waals surface area contributed by atoms with Crippen LogP contribution < -0.4 is 10.2 Å². The van der Waals surface area contributed by atoms with Crippen molar-refractivity contribution < 1.29 is 9.84 Å². The maximum atomic E-state index is 8.78. The molecule has 3 rings (SSSR count). The van der Waals surface area contributed by atoms with Gasteiger partial charge in [0.2, 0.25) is 5.13 Å². The van der Waals surface area contributed by atoms with Crippen LogP contribution in [0.25, 0.3) is 11.3 Å². The third kappa shape index (κ3) is 4.41. The Hall–Kier alpha value is -2.70. The van der Waals surface area contributed by atoms with E-state index < -0.39 is 0 Å². The van der Waals surface area contributed by atoms with Crippen molar-refractivity contribution in [2.75, 3.05) is 18.6 Å². The third-order valence-electron chi connectivity index (χ3n) is 3.17. The second-order valence-corrected chi connectivity index (χ2v) is 5.78. The molecule has 0 saturated heterocycles. The lowest BCUT2D eigenvalue weighted by Gasteiger charge is -2.04. The van der Waals surface area contributed by atoms with Crippen LogP contribution in [-0.4, -0.2) is 29.5 Å². The SMILES string of the molecule is OCCOc1cccc(C=NNc2nc(-c3ccccc3)cs2)c1. The van der Waals surface area contributed by atoms with Crippen molar-refractivity contribution in [1.29, 1.82) is 0 Å². The lowest BCUT2D eigenvalue weighted by atomic mass is 10.2. The first kappa shape index (κ1) is 16.2. The monoisotopic (exact) mass is 339 g/mol. The number of benzene rings is 2. The van der Waals surface area contributed by atoms with Crippen molar-refractivity contribution in [3.05, 3.63) is 65.5 Å². The van der Waals surface area contributed by atoms with E-state index in [1.807, 2.05) is 60.0 Å². The van der Waals surface area contributed by atoms with Crippen LogP contribution in [0.15, 0.2) is 65.1 Å². The van der Waals surface area contributed by atoms with Crippen LogP contribution >= 0.6 is 11.3 Å². The molecule has 0 unspecified atom stereocenters. The van der Waals surface area contributed by atoms with E-state index in [9.17, 15) is 0 Å². The van der Waals surface area contributed by atoms with Crippen molar-refractivity contribution in [2.24, 2.45) is 5.10 Å². The van der Waals surface area contributed by atoms with Crippen molar-refractivity contribution in [1.82, 2.24) is 4.98 Å². The van der Waals surface area contributed by atoms with Gasteiger partial charge in [0.05, 0.1) is 18.5 Å². The minimum absolute atomic E-state index is 0.00628. The van der Waals surface area contributed by atoms with Crippen LogP contribution in [0.5, 0.6) is 5.75 Å². The molecule has 0 radical (unpaired) electrons. The first-order valence-corrected chi connectivity index (χ1v) is 8.37. The minimum Gasteiger partial charge on any atom is -0.491 e. The first-order valence-electron chi connectivity index (χ1n) is 7.49. The van der Waals surface area contributed by atoms with Crippen LogP contribution in [0.2, 0.25) is 0 Å². The topological polar surface area (TPSA) is 66.7 Å². The summed E-state index contributed by atoms with van der Waals surface area (Å²) in [5.41, 5.74) is 5.85. The molecule has 0 saturated carbocycles. The molecule has 0 atom stereocenters. The Morgan fingerprint density at radius 3 is 2.88 bits per heavy atom. The zero-order valence-electron chi connectivity index (χ0n) is 12.9. The number of aromatic nitrogens is 1. The quantitative estimate of drug-likeness (QED) is 0.509. The number of nitrogens with zero attached hydrogens (tertiary/aromatic N) is 2. The molecule has 0 amide bonds. The van der Waals surface area contributed by atoms with Gasteiger partial charge in [-0.05, 0) is 17.7 Å². The Bertz CT molecular complexity index is 803. The zero-order chi connectivity index (χ0) is 16.6. The number of nitrogens with one attached hydrogen (secondary N) is 1. The molecular formula is C18H17N3O2S. The van der Waals surface area contributed by atoms with Crippen LogP contribution in [-0.2, 0) is 0 Å².